The number of aromatic nitrogens is 1. The van der Waals surface area contributed by atoms with Crippen molar-refractivity contribution < 1.29 is 19.4 Å². The lowest BCUT2D eigenvalue weighted by molar-refractivity contribution is -0.139. The fraction of sp³-hybridized carbons (Fsp3) is 0.188. The monoisotopic (exact) mass is 334 g/mol. The average molecular weight is 335 g/mol. The first-order valence-electron chi connectivity index (χ1n) is 6.87. The highest BCUT2D eigenvalue weighted by atomic mass is 35.5. The summed E-state index contributed by atoms with van der Waals surface area (Å²) in [5.41, 5.74) is 1.21. The van der Waals surface area contributed by atoms with Crippen molar-refractivity contribution >= 4 is 29.0 Å². The smallest absolute Gasteiger partial charge is 0.341 e. The second kappa shape index (κ2) is 8.14. The molecule has 0 aliphatic heterocycles. The summed E-state index contributed by atoms with van der Waals surface area (Å²) in [6, 6.07) is 8.24. The Labute approximate surface area is 138 Å². The van der Waals surface area contributed by atoms with E-state index in [1.807, 2.05) is 0 Å². The number of ether oxygens (including phenoxy) is 1. The molecule has 0 saturated heterocycles. The summed E-state index contributed by atoms with van der Waals surface area (Å²) in [5.74, 6) is -0.699. The number of hydrogen-bond donors (Lipinski definition) is 2. The van der Waals surface area contributed by atoms with Crippen LogP contribution in [0.3, 0.4) is 0 Å². The van der Waals surface area contributed by atoms with Gasteiger partial charge in [-0.05, 0) is 24.3 Å². The van der Waals surface area contributed by atoms with Gasteiger partial charge in [0, 0.05) is 37.0 Å². The second-order valence-corrected chi connectivity index (χ2v) is 5.07. The first kappa shape index (κ1) is 16.8. The number of anilines is 1. The Bertz CT molecular complexity index is 692. The van der Waals surface area contributed by atoms with E-state index in [0.29, 0.717) is 35.0 Å². The lowest BCUT2D eigenvalue weighted by atomic mass is 10.1. The summed E-state index contributed by atoms with van der Waals surface area (Å²) in [5, 5.41) is 12.0. The summed E-state index contributed by atoms with van der Waals surface area (Å²) >= 11 is 6.09. The Hall–Kier alpha value is -2.60. The first-order valence-corrected chi connectivity index (χ1v) is 7.25. The maximum absolute atomic E-state index is 11.9. The molecule has 7 heteroatoms. The van der Waals surface area contributed by atoms with Crippen molar-refractivity contribution in [1.82, 2.24) is 4.98 Å². The molecule has 1 aromatic carbocycles. The van der Waals surface area contributed by atoms with E-state index in [1.54, 1.807) is 30.5 Å². The zero-order valence-electron chi connectivity index (χ0n) is 12.2. The van der Waals surface area contributed by atoms with Gasteiger partial charge in [0.1, 0.15) is 5.75 Å². The minimum atomic E-state index is -1.06. The van der Waals surface area contributed by atoms with Gasteiger partial charge in [-0.1, -0.05) is 11.6 Å². The standard InChI is InChI=1S/C16H15ClN2O4/c17-13-8-12(23-10-16(21)22)3-4-14(13)19-7-5-15(20)11-2-1-6-18-9-11/h1-4,6,8-9,19H,5,7,10H2,(H,21,22). The summed E-state index contributed by atoms with van der Waals surface area (Å²) in [7, 11) is 0. The van der Waals surface area contributed by atoms with Crippen LogP contribution in [-0.2, 0) is 4.79 Å². The van der Waals surface area contributed by atoms with Gasteiger partial charge in [0.15, 0.2) is 12.4 Å². The van der Waals surface area contributed by atoms with Crippen molar-refractivity contribution in [2.75, 3.05) is 18.5 Å². The molecular weight excluding hydrogens is 320 g/mol. The molecule has 0 aliphatic rings. The molecule has 0 saturated carbocycles. The van der Waals surface area contributed by atoms with Gasteiger partial charge in [0.05, 0.1) is 10.7 Å². The molecule has 0 fully saturated rings. The Kier molecular flexibility index (Phi) is 5.94. The molecule has 120 valence electrons. The van der Waals surface area contributed by atoms with Crippen molar-refractivity contribution in [2.24, 2.45) is 0 Å². The molecule has 0 unspecified atom stereocenters. The number of benzene rings is 1. The van der Waals surface area contributed by atoms with Crippen LogP contribution in [0.4, 0.5) is 5.69 Å². The van der Waals surface area contributed by atoms with E-state index < -0.39 is 12.6 Å². The number of hydrogen-bond acceptors (Lipinski definition) is 5. The van der Waals surface area contributed by atoms with Crippen LogP contribution in [0, 0.1) is 0 Å². The molecule has 1 heterocycles. The van der Waals surface area contributed by atoms with Crippen LogP contribution in [0.1, 0.15) is 16.8 Å². The summed E-state index contributed by atoms with van der Waals surface area (Å²) < 4.78 is 5.03. The number of carbonyl (C=O) groups is 2. The number of nitrogens with one attached hydrogen (secondary N) is 1. The van der Waals surface area contributed by atoms with Crippen LogP contribution in [0.25, 0.3) is 0 Å². The minimum Gasteiger partial charge on any atom is -0.482 e. The molecule has 0 aliphatic carbocycles. The van der Waals surface area contributed by atoms with Gasteiger partial charge in [0.25, 0.3) is 0 Å². The van der Waals surface area contributed by atoms with E-state index in [4.69, 9.17) is 21.4 Å². The number of ketones is 1. The Balaban J connectivity index is 1.86. The molecule has 23 heavy (non-hydrogen) atoms. The number of pyridine rings is 1. The third-order valence-electron chi connectivity index (χ3n) is 2.95. The minimum absolute atomic E-state index is 0.0110. The molecule has 2 N–H and O–H groups in total. The highest BCUT2D eigenvalue weighted by Gasteiger charge is 2.07. The number of rotatable bonds is 8. The number of Topliss-reactive ketones (excluding diaryl/α,β-unsaturated/α-hetero) is 1. The van der Waals surface area contributed by atoms with Gasteiger partial charge in [-0.25, -0.2) is 4.79 Å². The SMILES string of the molecule is O=C(O)COc1ccc(NCCC(=O)c2cccnc2)c(Cl)c1. The van der Waals surface area contributed by atoms with Crippen LogP contribution >= 0.6 is 11.6 Å². The van der Waals surface area contributed by atoms with E-state index in [0.717, 1.165) is 0 Å². The van der Waals surface area contributed by atoms with Crippen molar-refractivity contribution in [1.29, 1.82) is 0 Å². The summed E-state index contributed by atoms with van der Waals surface area (Å²) in [6.45, 7) is -0.00844. The lowest BCUT2D eigenvalue weighted by Gasteiger charge is -2.10. The summed E-state index contributed by atoms with van der Waals surface area (Å²) in [4.78, 5) is 26.3. The predicted octanol–water partition coefficient (Wildman–Crippen LogP) is 2.88. The quantitative estimate of drug-likeness (QED) is 0.722. The number of carbonyl (C=O) groups excluding carboxylic acids is 1. The molecule has 2 rings (SSSR count). The first-order chi connectivity index (χ1) is 11.1. The van der Waals surface area contributed by atoms with E-state index in [1.165, 1.54) is 12.3 Å². The zero-order valence-corrected chi connectivity index (χ0v) is 12.9. The Morgan fingerprint density at radius 1 is 1.30 bits per heavy atom. The number of nitrogens with zero attached hydrogens (tertiary/aromatic N) is 1. The maximum Gasteiger partial charge on any atom is 0.341 e. The van der Waals surface area contributed by atoms with Crippen LogP contribution in [0.5, 0.6) is 5.75 Å². The Morgan fingerprint density at radius 2 is 2.13 bits per heavy atom. The fourth-order valence-corrected chi connectivity index (χ4v) is 2.09. The van der Waals surface area contributed by atoms with Crippen molar-refractivity contribution in [3.8, 4) is 5.75 Å². The zero-order chi connectivity index (χ0) is 16.7. The Morgan fingerprint density at radius 3 is 2.78 bits per heavy atom. The van der Waals surface area contributed by atoms with Gasteiger partial charge < -0.3 is 15.2 Å². The largest absolute Gasteiger partial charge is 0.482 e. The predicted molar refractivity (Wildman–Crippen MR) is 86.3 cm³/mol. The van der Waals surface area contributed by atoms with Gasteiger partial charge in [-0.2, -0.15) is 0 Å². The normalized spacial score (nSPS) is 10.1. The van der Waals surface area contributed by atoms with Gasteiger partial charge in [-0.3, -0.25) is 9.78 Å². The van der Waals surface area contributed by atoms with Crippen molar-refractivity contribution in [3.63, 3.8) is 0 Å². The van der Waals surface area contributed by atoms with Crippen molar-refractivity contribution in [2.45, 2.75) is 6.42 Å². The van der Waals surface area contributed by atoms with Gasteiger partial charge in [-0.15, -0.1) is 0 Å². The molecular formula is C16H15ClN2O4. The third-order valence-corrected chi connectivity index (χ3v) is 3.27. The third kappa shape index (κ3) is 5.27. The molecule has 0 bridgehead atoms. The van der Waals surface area contributed by atoms with E-state index in [-0.39, 0.29) is 5.78 Å². The van der Waals surface area contributed by atoms with Gasteiger partial charge >= 0.3 is 5.97 Å². The lowest BCUT2D eigenvalue weighted by Crippen LogP contribution is -2.10. The topological polar surface area (TPSA) is 88.5 Å². The van der Waals surface area contributed by atoms with Crippen LogP contribution < -0.4 is 10.1 Å². The number of halogens is 1. The molecule has 0 radical (unpaired) electrons. The molecule has 6 nitrogen and oxygen atoms in total. The van der Waals surface area contributed by atoms with Crippen molar-refractivity contribution in [3.05, 3.63) is 53.3 Å². The molecule has 0 spiro atoms. The fourth-order valence-electron chi connectivity index (χ4n) is 1.86. The van der Waals surface area contributed by atoms with E-state index in [9.17, 15) is 9.59 Å². The molecule has 0 amide bonds. The second-order valence-electron chi connectivity index (χ2n) is 4.67. The maximum atomic E-state index is 11.9. The van der Waals surface area contributed by atoms with E-state index >= 15 is 0 Å². The number of carboxylic acids is 1. The summed E-state index contributed by atoms with van der Waals surface area (Å²) in [6.07, 6.45) is 3.45. The molecule has 1 aromatic heterocycles. The van der Waals surface area contributed by atoms with Gasteiger partial charge in [0.2, 0.25) is 0 Å². The number of aliphatic carboxylic acids is 1. The molecule has 2 aromatic rings. The van der Waals surface area contributed by atoms with Crippen LogP contribution in [0.2, 0.25) is 5.02 Å². The average Bonchev–Trinajstić information content (AvgIpc) is 2.55. The highest BCUT2D eigenvalue weighted by Crippen LogP contribution is 2.26. The number of carboxylic acid groups (broad SMARTS) is 1. The van der Waals surface area contributed by atoms with Crippen LogP contribution in [-0.4, -0.2) is 35.0 Å². The van der Waals surface area contributed by atoms with Crippen LogP contribution in [0.15, 0.2) is 42.7 Å². The highest BCUT2D eigenvalue weighted by molar-refractivity contribution is 6.33. The van der Waals surface area contributed by atoms with E-state index in [2.05, 4.69) is 10.3 Å². The molecule has 0 atom stereocenters.